The van der Waals surface area contributed by atoms with Gasteiger partial charge in [-0.05, 0) is 48.6 Å². The Labute approximate surface area is 192 Å². The molecular formula is C21H19ClN6O3S. The molecule has 32 heavy (non-hydrogen) atoms. The van der Waals surface area contributed by atoms with Gasteiger partial charge in [0.15, 0.2) is 0 Å². The fourth-order valence-electron chi connectivity index (χ4n) is 3.41. The van der Waals surface area contributed by atoms with E-state index < -0.39 is 4.92 Å². The van der Waals surface area contributed by atoms with Gasteiger partial charge < -0.3 is 5.32 Å². The van der Waals surface area contributed by atoms with Crippen LogP contribution in [0.25, 0.3) is 0 Å². The van der Waals surface area contributed by atoms with E-state index in [1.807, 2.05) is 29.6 Å². The van der Waals surface area contributed by atoms with Crippen LogP contribution < -0.4 is 5.32 Å². The lowest BCUT2D eigenvalue weighted by molar-refractivity contribution is -0.386. The number of carbonyl (C=O) groups excluding carboxylic acids is 1. The number of nitrogens with one attached hydrogen (secondary N) is 1. The van der Waals surface area contributed by atoms with Gasteiger partial charge in [-0.3, -0.25) is 24.3 Å². The number of halogens is 1. The van der Waals surface area contributed by atoms with Gasteiger partial charge in [-0.15, -0.1) is 11.3 Å². The minimum absolute atomic E-state index is 0.0236. The number of rotatable bonds is 7. The summed E-state index contributed by atoms with van der Waals surface area (Å²) >= 11 is 7.22. The molecule has 1 aromatic carbocycles. The Morgan fingerprint density at radius 1 is 1.25 bits per heavy atom. The first-order valence-corrected chi connectivity index (χ1v) is 10.9. The Kier molecular flexibility index (Phi) is 6.06. The summed E-state index contributed by atoms with van der Waals surface area (Å²) in [6, 6.07) is 9.30. The number of hydrogen-bond donors (Lipinski definition) is 1. The molecule has 1 N–H and O–H groups in total. The number of nitrogens with zero attached hydrogens (tertiary/aromatic N) is 5. The molecule has 1 amide bonds. The highest BCUT2D eigenvalue weighted by atomic mass is 35.5. The van der Waals surface area contributed by atoms with Crippen molar-refractivity contribution >= 4 is 40.2 Å². The third-order valence-corrected chi connectivity index (χ3v) is 6.04. The summed E-state index contributed by atoms with van der Waals surface area (Å²) in [4.78, 5) is 24.0. The molecule has 0 aliphatic heterocycles. The predicted octanol–water partition coefficient (Wildman–Crippen LogP) is 4.67. The van der Waals surface area contributed by atoms with Crippen LogP contribution in [0.15, 0.2) is 48.1 Å². The lowest BCUT2D eigenvalue weighted by atomic mass is 10.2. The van der Waals surface area contributed by atoms with Crippen LogP contribution in [0.2, 0.25) is 5.02 Å². The lowest BCUT2D eigenvalue weighted by Gasteiger charge is -2.07. The normalized spacial score (nSPS) is 11.0. The largest absolute Gasteiger partial charge is 0.321 e. The second-order valence-corrected chi connectivity index (χ2v) is 8.61. The number of aromatic nitrogens is 4. The van der Waals surface area contributed by atoms with E-state index in [4.69, 9.17) is 11.6 Å². The SMILES string of the molecule is Cc1nn(Cc2csc(C(=O)Nc3cccc(Cn4cc(Cl)cn4)c3)c2)c(C)c1[N+](=O)[O-]. The van der Waals surface area contributed by atoms with Gasteiger partial charge >= 0.3 is 5.69 Å². The van der Waals surface area contributed by atoms with Crippen molar-refractivity contribution in [3.8, 4) is 0 Å². The molecule has 164 valence electrons. The van der Waals surface area contributed by atoms with Crippen molar-refractivity contribution in [1.82, 2.24) is 19.6 Å². The number of nitro groups is 1. The monoisotopic (exact) mass is 470 g/mol. The lowest BCUT2D eigenvalue weighted by Crippen LogP contribution is -2.11. The van der Waals surface area contributed by atoms with E-state index in [2.05, 4.69) is 15.5 Å². The van der Waals surface area contributed by atoms with Crippen molar-refractivity contribution in [2.24, 2.45) is 0 Å². The molecular weight excluding hydrogens is 452 g/mol. The zero-order chi connectivity index (χ0) is 22.8. The first kappa shape index (κ1) is 21.7. The Morgan fingerprint density at radius 2 is 2.06 bits per heavy atom. The number of aryl methyl sites for hydroxylation is 1. The highest BCUT2D eigenvalue weighted by Crippen LogP contribution is 2.24. The topological polar surface area (TPSA) is 108 Å². The number of carbonyl (C=O) groups is 1. The summed E-state index contributed by atoms with van der Waals surface area (Å²) in [6.45, 7) is 4.17. The fourth-order valence-corrected chi connectivity index (χ4v) is 4.36. The second kappa shape index (κ2) is 8.93. The molecule has 11 heteroatoms. The molecule has 9 nitrogen and oxygen atoms in total. The Morgan fingerprint density at radius 3 is 2.75 bits per heavy atom. The van der Waals surface area contributed by atoms with Crippen LogP contribution >= 0.6 is 22.9 Å². The van der Waals surface area contributed by atoms with Crippen LogP contribution in [0.1, 0.15) is 32.2 Å². The van der Waals surface area contributed by atoms with E-state index in [9.17, 15) is 14.9 Å². The molecule has 0 bridgehead atoms. The minimum atomic E-state index is -0.421. The van der Waals surface area contributed by atoms with E-state index in [0.29, 0.717) is 40.1 Å². The molecule has 0 aliphatic carbocycles. The van der Waals surface area contributed by atoms with Crippen molar-refractivity contribution in [2.45, 2.75) is 26.9 Å². The summed E-state index contributed by atoms with van der Waals surface area (Å²) in [7, 11) is 0. The third-order valence-electron chi connectivity index (χ3n) is 4.87. The highest BCUT2D eigenvalue weighted by molar-refractivity contribution is 7.12. The first-order chi connectivity index (χ1) is 15.3. The average molecular weight is 471 g/mol. The molecule has 0 fully saturated rings. The van der Waals surface area contributed by atoms with Crippen LogP contribution in [-0.4, -0.2) is 30.4 Å². The number of anilines is 1. The quantitative estimate of drug-likeness (QED) is 0.312. The number of amides is 1. The zero-order valence-electron chi connectivity index (χ0n) is 17.3. The van der Waals surface area contributed by atoms with Crippen molar-refractivity contribution in [2.75, 3.05) is 5.32 Å². The molecule has 0 aliphatic rings. The van der Waals surface area contributed by atoms with Crippen LogP contribution in [0.4, 0.5) is 11.4 Å². The summed E-state index contributed by atoms with van der Waals surface area (Å²) in [6.07, 6.45) is 3.31. The molecule has 0 saturated heterocycles. The van der Waals surface area contributed by atoms with Crippen LogP contribution in [0.5, 0.6) is 0 Å². The standard InChI is InChI=1S/C21H19ClN6O3S/c1-13-20(28(30)31)14(2)27(25-13)10-16-7-19(32-12-16)21(29)24-18-5-3-4-15(6-18)9-26-11-17(22)8-23-26/h3-8,11-12H,9-10H2,1-2H3,(H,24,29). The average Bonchev–Trinajstić information content (AvgIpc) is 3.42. The molecule has 0 saturated carbocycles. The summed E-state index contributed by atoms with van der Waals surface area (Å²) < 4.78 is 3.31. The van der Waals surface area contributed by atoms with Crippen LogP contribution in [-0.2, 0) is 13.1 Å². The Hall–Kier alpha value is -3.50. The van der Waals surface area contributed by atoms with Gasteiger partial charge in [0.2, 0.25) is 0 Å². The number of thiophene rings is 1. The molecule has 0 radical (unpaired) electrons. The molecule has 4 rings (SSSR count). The van der Waals surface area contributed by atoms with E-state index in [-0.39, 0.29) is 11.6 Å². The molecule has 0 atom stereocenters. The second-order valence-electron chi connectivity index (χ2n) is 7.26. The van der Waals surface area contributed by atoms with Gasteiger partial charge in [0.1, 0.15) is 11.4 Å². The highest BCUT2D eigenvalue weighted by Gasteiger charge is 2.22. The molecule has 4 aromatic rings. The van der Waals surface area contributed by atoms with Gasteiger partial charge in [0.25, 0.3) is 5.91 Å². The van der Waals surface area contributed by atoms with Crippen molar-refractivity contribution in [1.29, 1.82) is 0 Å². The molecule has 0 spiro atoms. The number of hydrogen-bond acceptors (Lipinski definition) is 6. The summed E-state index contributed by atoms with van der Waals surface area (Å²) in [5, 5.41) is 24.9. The smallest absolute Gasteiger partial charge is 0.312 e. The number of benzene rings is 1. The van der Waals surface area contributed by atoms with Crippen molar-refractivity contribution in [3.05, 3.63) is 90.6 Å². The van der Waals surface area contributed by atoms with E-state index in [1.54, 1.807) is 41.7 Å². The van der Waals surface area contributed by atoms with Gasteiger partial charge in [-0.2, -0.15) is 10.2 Å². The molecule has 3 heterocycles. The van der Waals surface area contributed by atoms with E-state index in [1.165, 1.54) is 11.3 Å². The Balaban J connectivity index is 1.44. The van der Waals surface area contributed by atoms with Crippen molar-refractivity contribution < 1.29 is 9.72 Å². The minimum Gasteiger partial charge on any atom is -0.321 e. The Bertz CT molecular complexity index is 1310. The van der Waals surface area contributed by atoms with Gasteiger partial charge in [-0.1, -0.05) is 23.7 Å². The van der Waals surface area contributed by atoms with Crippen LogP contribution in [0.3, 0.4) is 0 Å². The summed E-state index contributed by atoms with van der Waals surface area (Å²) in [5.74, 6) is -0.222. The van der Waals surface area contributed by atoms with Gasteiger partial charge in [-0.25, -0.2) is 0 Å². The van der Waals surface area contributed by atoms with Crippen molar-refractivity contribution in [3.63, 3.8) is 0 Å². The summed E-state index contributed by atoms with van der Waals surface area (Å²) in [5.41, 5.74) is 3.38. The van der Waals surface area contributed by atoms with Gasteiger partial charge in [0.05, 0.1) is 34.1 Å². The zero-order valence-corrected chi connectivity index (χ0v) is 18.9. The predicted molar refractivity (Wildman–Crippen MR) is 123 cm³/mol. The maximum absolute atomic E-state index is 12.7. The fraction of sp³-hybridized carbons (Fsp3) is 0.190. The first-order valence-electron chi connectivity index (χ1n) is 9.64. The third kappa shape index (κ3) is 4.71. The van der Waals surface area contributed by atoms with Crippen LogP contribution in [0, 0.1) is 24.0 Å². The maximum Gasteiger partial charge on any atom is 0.312 e. The molecule has 3 aromatic heterocycles. The van der Waals surface area contributed by atoms with E-state index in [0.717, 1.165) is 11.1 Å². The van der Waals surface area contributed by atoms with E-state index >= 15 is 0 Å². The van der Waals surface area contributed by atoms with Gasteiger partial charge in [0, 0.05) is 11.9 Å². The molecule has 0 unspecified atom stereocenters. The maximum atomic E-state index is 12.7.